The van der Waals surface area contributed by atoms with Crippen LogP contribution in [0.25, 0.3) is 0 Å². The molecule has 0 radical (unpaired) electrons. The third-order valence-electron chi connectivity index (χ3n) is 7.15. The number of fused-ring (bicyclic) bond motifs is 2. The molecule has 5 rings (SSSR count). The second kappa shape index (κ2) is 10.7. The number of carbonyl (C=O) groups is 3. The van der Waals surface area contributed by atoms with Crippen molar-refractivity contribution in [3.05, 3.63) is 71.3 Å². The Hall–Kier alpha value is -4.55. The van der Waals surface area contributed by atoms with Gasteiger partial charge in [0.1, 0.15) is 0 Å². The first kappa shape index (κ1) is 27.5. The number of hydrogen-bond donors (Lipinski definition) is 8. The SMILES string of the molecule is O=C(C=CC1=C[C@H]2[C@@H](O)[C@H](O)[C@@H]1[C@H](C(=O)O)[C@H]2c1ccc(O)c(O)c1)O[C@@H](Cc1ccc(O)c(O)c1)C(=O)O. The molecular weight excluding hydrogens is 516 g/mol. The number of allylic oxidation sites excluding steroid dienone is 1. The van der Waals surface area contributed by atoms with Crippen molar-refractivity contribution < 1.29 is 60.0 Å². The van der Waals surface area contributed by atoms with Crippen LogP contribution in [0.15, 0.2) is 60.2 Å². The average Bonchev–Trinajstić information content (AvgIpc) is 2.88. The number of carboxylic acids is 2. The molecule has 0 heterocycles. The first-order valence-corrected chi connectivity index (χ1v) is 11.8. The van der Waals surface area contributed by atoms with Crippen LogP contribution in [0.4, 0.5) is 0 Å². The predicted molar refractivity (Wildman–Crippen MR) is 131 cm³/mol. The van der Waals surface area contributed by atoms with E-state index < -0.39 is 82.9 Å². The number of aliphatic carboxylic acids is 2. The van der Waals surface area contributed by atoms with Gasteiger partial charge in [-0.3, -0.25) is 4.79 Å². The number of hydrogen-bond acceptors (Lipinski definition) is 10. The zero-order valence-corrected chi connectivity index (χ0v) is 20.2. The summed E-state index contributed by atoms with van der Waals surface area (Å²) in [6.07, 6.45) is -1.22. The van der Waals surface area contributed by atoms with Crippen LogP contribution in [0.2, 0.25) is 0 Å². The molecule has 8 N–H and O–H groups in total. The van der Waals surface area contributed by atoms with Gasteiger partial charge < -0.3 is 45.6 Å². The first-order chi connectivity index (χ1) is 18.4. The number of carboxylic acid groups (broad SMARTS) is 2. The van der Waals surface area contributed by atoms with Crippen LogP contribution in [-0.4, -0.2) is 77.1 Å². The van der Waals surface area contributed by atoms with E-state index in [-0.39, 0.29) is 17.6 Å². The van der Waals surface area contributed by atoms with E-state index in [0.29, 0.717) is 5.56 Å². The van der Waals surface area contributed by atoms with Gasteiger partial charge in [-0.05, 0) is 41.0 Å². The van der Waals surface area contributed by atoms with E-state index in [4.69, 9.17) is 4.74 Å². The highest BCUT2D eigenvalue weighted by atomic mass is 16.6. The summed E-state index contributed by atoms with van der Waals surface area (Å²) in [7, 11) is 0. The number of carbonyl (C=O) groups excluding carboxylic acids is 1. The summed E-state index contributed by atoms with van der Waals surface area (Å²) >= 11 is 0. The number of aliphatic hydroxyl groups excluding tert-OH is 2. The lowest BCUT2D eigenvalue weighted by molar-refractivity contribution is -0.160. The zero-order valence-electron chi connectivity index (χ0n) is 20.2. The van der Waals surface area contributed by atoms with Gasteiger partial charge in [0.2, 0.25) is 6.10 Å². The molecule has 2 aromatic rings. The molecule has 3 aliphatic carbocycles. The molecule has 0 spiro atoms. The normalized spacial score (nSPS) is 26.7. The fourth-order valence-corrected chi connectivity index (χ4v) is 5.35. The van der Waals surface area contributed by atoms with E-state index in [1.54, 1.807) is 0 Å². The molecule has 2 bridgehead atoms. The van der Waals surface area contributed by atoms with E-state index in [2.05, 4.69) is 0 Å². The third kappa shape index (κ3) is 5.38. The maximum Gasteiger partial charge on any atom is 0.345 e. The van der Waals surface area contributed by atoms with Crippen LogP contribution < -0.4 is 0 Å². The van der Waals surface area contributed by atoms with E-state index in [1.807, 2.05) is 0 Å². The number of phenolic OH excluding ortho intramolecular Hbond substituents is 4. The second-order valence-electron chi connectivity index (χ2n) is 9.51. The van der Waals surface area contributed by atoms with E-state index in [0.717, 1.165) is 18.2 Å². The van der Waals surface area contributed by atoms with Gasteiger partial charge in [0.05, 0.1) is 18.1 Å². The van der Waals surface area contributed by atoms with Crippen molar-refractivity contribution in [3.63, 3.8) is 0 Å². The molecule has 206 valence electrons. The molecule has 0 aliphatic heterocycles. The Balaban J connectivity index is 1.57. The monoisotopic (exact) mass is 542 g/mol. The number of esters is 1. The van der Waals surface area contributed by atoms with Gasteiger partial charge in [0, 0.05) is 30.3 Å². The lowest BCUT2D eigenvalue weighted by Crippen LogP contribution is -2.56. The van der Waals surface area contributed by atoms with Crippen LogP contribution in [0.1, 0.15) is 17.0 Å². The zero-order chi connectivity index (χ0) is 28.6. The molecule has 0 amide bonds. The van der Waals surface area contributed by atoms with Crippen LogP contribution in [-0.2, 0) is 25.5 Å². The molecule has 0 aromatic heterocycles. The Bertz CT molecular complexity index is 1360. The third-order valence-corrected chi connectivity index (χ3v) is 7.15. The van der Waals surface area contributed by atoms with E-state index in [9.17, 15) is 55.2 Å². The fourth-order valence-electron chi connectivity index (χ4n) is 5.35. The minimum atomic E-state index is -1.64. The lowest BCUT2D eigenvalue weighted by Gasteiger charge is -2.51. The van der Waals surface area contributed by atoms with Crippen molar-refractivity contribution in [3.8, 4) is 23.0 Å². The maximum absolute atomic E-state index is 12.5. The predicted octanol–water partition coefficient (Wildman–Crippen LogP) is 0.996. The Morgan fingerprint density at radius 3 is 2.08 bits per heavy atom. The van der Waals surface area contributed by atoms with Gasteiger partial charge in [-0.25, -0.2) is 9.59 Å². The van der Waals surface area contributed by atoms with E-state index in [1.165, 1.54) is 36.4 Å². The van der Waals surface area contributed by atoms with Crippen molar-refractivity contribution in [2.75, 3.05) is 0 Å². The Kier molecular flexibility index (Phi) is 7.52. The van der Waals surface area contributed by atoms with Crippen LogP contribution in [0.3, 0.4) is 0 Å². The van der Waals surface area contributed by atoms with Gasteiger partial charge in [-0.1, -0.05) is 24.3 Å². The highest BCUT2D eigenvalue weighted by molar-refractivity contribution is 5.86. The van der Waals surface area contributed by atoms with Crippen molar-refractivity contribution in [1.29, 1.82) is 0 Å². The summed E-state index contributed by atoms with van der Waals surface area (Å²) in [5.74, 6) is -9.84. The minimum Gasteiger partial charge on any atom is -0.504 e. The molecule has 0 saturated heterocycles. The first-order valence-electron chi connectivity index (χ1n) is 11.8. The lowest BCUT2D eigenvalue weighted by atomic mass is 9.55. The van der Waals surface area contributed by atoms with Gasteiger partial charge in [0.15, 0.2) is 23.0 Å². The highest BCUT2D eigenvalue weighted by Gasteiger charge is 2.56. The molecule has 1 fully saturated rings. The summed E-state index contributed by atoms with van der Waals surface area (Å²) in [4.78, 5) is 36.4. The van der Waals surface area contributed by atoms with Gasteiger partial charge in [0.25, 0.3) is 0 Å². The standard InChI is InChI=1S/C27H26O12/c28-15-4-1-11(7-17(15)30)8-19(26(35)36)39-20(32)6-3-12-9-14-21(13-2-5-16(29)18(31)10-13)23(27(37)38)22(12)25(34)24(14)33/h1-7,9-10,14,19,21-25,28-31,33-34H,8H2,(H,35,36)(H,37,38)/t14-,19+,21+,22+,23-,24-,25-/m1/s1. The number of phenols is 4. The molecule has 12 nitrogen and oxygen atoms in total. The summed E-state index contributed by atoms with van der Waals surface area (Å²) in [6.45, 7) is 0. The van der Waals surface area contributed by atoms with Crippen LogP contribution in [0.5, 0.6) is 23.0 Å². The van der Waals surface area contributed by atoms with Crippen molar-refractivity contribution in [1.82, 2.24) is 0 Å². The summed E-state index contributed by atoms with van der Waals surface area (Å²) in [5, 5.41) is 79.4. The Labute approximate surface area is 221 Å². The van der Waals surface area contributed by atoms with Crippen molar-refractivity contribution >= 4 is 17.9 Å². The Morgan fingerprint density at radius 1 is 0.846 bits per heavy atom. The van der Waals surface area contributed by atoms with Crippen molar-refractivity contribution in [2.45, 2.75) is 30.7 Å². The summed E-state index contributed by atoms with van der Waals surface area (Å²) in [6, 6.07) is 7.42. The summed E-state index contributed by atoms with van der Waals surface area (Å²) in [5.41, 5.74) is 0.813. The van der Waals surface area contributed by atoms with Gasteiger partial charge in [-0.2, -0.15) is 0 Å². The molecule has 7 atom stereocenters. The smallest absolute Gasteiger partial charge is 0.345 e. The average molecular weight is 542 g/mol. The number of rotatable bonds is 8. The topological polar surface area (TPSA) is 222 Å². The van der Waals surface area contributed by atoms with Gasteiger partial charge in [-0.15, -0.1) is 0 Å². The van der Waals surface area contributed by atoms with Crippen molar-refractivity contribution in [2.24, 2.45) is 17.8 Å². The minimum absolute atomic E-state index is 0.219. The largest absolute Gasteiger partial charge is 0.504 e. The van der Waals surface area contributed by atoms with Gasteiger partial charge >= 0.3 is 17.9 Å². The quantitative estimate of drug-likeness (QED) is 0.133. The molecule has 2 aromatic carbocycles. The molecule has 3 aliphatic rings. The molecule has 12 heteroatoms. The maximum atomic E-state index is 12.5. The number of aromatic hydroxyl groups is 4. The number of aliphatic hydroxyl groups is 2. The highest BCUT2D eigenvalue weighted by Crippen LogP contribution is 2.54. The molecule has 39 heavy (non-hydrogen) atoms. The van der Waals surface area contributed by atoms with Crippen LogP contribution >= 0.6 is 0 Å². The van der Waals surface area contributed by atoms with E-state index >= 15 is 0 Å². The Morgan fingerprint density at radius 2 is 1.49 bits per heavy atom. The number of benzene rings is 2. The van der Waals surface area contributed by atoms with Crippen LogP contribution in [0, 0.1) is 17.8 Å². The fraction of sp³-hybridized carbons (Fsp3) is 0.296. The number of ether oxygens (including phenoxy) is 1. The molecule has 1 saturated carbocycles. The summed E-state index contributed by atoms with van der Waals surface area (Å²) < 4.78 is 5.02. The molecule has 0 unspecified atom stereocenters. The molecular formula is C27H26O12. The second-order valence-corrected chi connectivity index (χ2v) is 9.51.